The predicted octanol–water partition coefficient (Wildman–Crippen LogP) is 1.50. The third-order valence-electron chi connectivity index (χ3n) is 3.81. The molecular weight excluding hydrogens is 272 g/mol. The average Bonchev–Trinajstić information content (AvgIpc) is 2.92. The summed E-state index contributed by atoms with van der Waals surface area (Å²) in [5.74, 6) is 1.11. The molecule has 0 bridgehead atoms. The number of aliphatic hydroxyl groups is 1. The van der Waals surface area contributed by atoms with E-state index in [1.807, 2.05) is 37.4 Å². The van der Waals surface area contributed by atoms with Gasteiger partial charge >= 0.3 is 0 Å². The van der Waals surface area contributed by atoms with E-state index < -0.39 is 5.60 Å². The van der Waals surface area contributed by atoms with Gasteiger partial charge in [0.2, 0.25) is 0 Å². The van der Waals surface area contributed by atoms with Crippen LogP contribution >= 0.6 is 11.8 Å². The maximum Gasteiger partial charge on any atom is 0.252 e. The molecule has 1 aliphatic heterocycles. The van der Waals surface area contributed by atoms with Crippen LogP contribution in [0.15, 0.2) is 30.3 Å². The van der Waals surface area contributed by atoms with Crippen LogP contribution in [0.5, 0.6) is 0 Å². The Labute approximate surface area is 124 Å². The van der Waals surface area contributed by atoms with Crippen LogP contribution in [0.25, 0.3) is 0 Å². The summed E-state index contributed by atoms with van der Waals surface area (Å²) < 4.78 is 0. The summed E-state index contributed by atoms with van der Waals surface area (Å²) in [6.45, 7) is 2.58. The third-order valence-corrected chi connectivity index (χ3v) is 4.98. The van der Waals surface area contributed by atoms with E-state index in [1.165, 1.54) is 0 Å². The molecule has 1 aromatic rings. The van der Waals surface area contributed by atoms with Gasteiger partial charge in [0.1, 0.15) is 0 Å². The van der Waals surface area contributed by atoms with Crippen LogP contribution in [0.3, 0.4) is 0 Å². The molecule has 110 valence electrons. The molecule has 0 radical (unpaired) electrons. The molecule has 2 N–H and O–H groups in total. The molecular formula is C15H22N2O2S. The normalized spacial score (nSPS) is 23.4. The van der Waals surface area contributed by atoms with E-state index >= 15 is 0 Å². The first-order valence-corrected chi connectivity index (χ1v) is 8.05. The fourth-order valence-electron chi connectivity index (χ4n) is 2.19. The second-order valence-corrected chi connectivity index (χ2v) is 6.44. The van der Waals surface area contributed by atoms with Crippen molar-refractivity contribution in [2.75, 3.05) is 30.0 Å². The minimum atomic E-state index is -1.17. The van der Waals surface area contributed by atoms with Crippen molar-refractivity contribution in [1.29, 1.82) is 0 Å². The number of rotatable bonds is 5. The van der Waals surface area contributed by atoms with Crippen molar-refractivity contribution < 1.29 is 9.90 Å². The van der Waals surface area contributed by atoms with Crippen molar-refractivity contribution >= 4 is 23.4 Å². The van der Waals surface area contributed by atoms with Gasteiger partial charge in [0, 0.05) is 31.1 Å². The Morgan fingerprint density at radius 2 is 2.20 bits per heavy atom. The molecule has 5 heteroatoms. The molecule has 1 heterocycles. The molecule has 1 aromatic carbocycles. The first-order valence-electron chi connectivity index (χ1n) is 6.89. The van der Waals surface area contributed by atoms with E-state index in [2.05, 4.69) is 17.1 Å². The molecule has 2 rings (SSSR count). The van der Waals surface area contributed by atoms with Crippen LogP contribution in [-0.4, -0.2) is 47.8 Å². The van der Waals surface area contributed by atoms with Crippen molar-refractivity contribution in [3.05, 3.63) is 30.3 Å². The summed E-state index contributed by atoms with van der Waals surface area (Å²) in [5.41, 5.74) is -0.0558. The van der Waals surface area contributed by atoms with E-state index in [1.54, 1.807) is 11.8 Å². The summed E-state index contributed by atoms with van der Waals surface area (Å²) in [4.78, 5) is 14.2. The molecule has 1 aliphatic rings. The highest BCUT2D eigenvalue weighted by atomic mass is 32.2. The number of carbonyl (C=O) groups is 1. The van der Waals surface area contributed by atoms with Crippen LogP contribution in [0, 0.1) is 0 Å². The van der Waals surface area contributed by atoms with E-state index in [0.717, 1.165) is 11.4 Å². The number of likely N-dealkylation sites (N-methyl/N-ethyl adjacent to an activating group) is 1. The molecule has 0 aliphatic carbocycles. The molecule has 0 spiro atoms. The number of para-hydroxylation sites is 1. The second kappa shape index (κ2) is 6.50. The van der Waals surface area contributed by atoms with Crippen molar-refractivity contribution in [3.8, 4) is 0 Å². The molecule has 1 amide bonds. The van der Waals surface area contributed by atoms with Gasteiger partial charge in [-0.2, -0.15) is 11.8 Å². The number of hydrogen-bond donors (Lipinski definition) is 2. The van der Waals surface area contributed by atoms with E-state index in [4.69, 9.17) is 0 Å². The number of carbonyl (C=O) groups excluding carboxylic acids is 1. The zero-order valence-corrected chi connectivity index (χ0v) is 12.8. The smallest absolute Gasteiger partial charge is 0.252 e. The Balaban J connectivity index is 1.86. The maximum atomic E-state index is 12.0. The molecule has 0 saturated carbocycles. The number of anilines is 1. The number of benzene rings is 1. The molecule has 1 fully saturated rings. The highest BCUT2D eigenvalue weighted by Crippen LogP contribution is 2.27. The molecule has 20 heavy (non-hydrogen) atoms. The SMILES string of the molecule is CC(CNC(=O)C1(O)CCSC1)N(C)c1ccccc1. The van der Waals surface area contributed by atoms with Gasteiger partial charge in [-0.1, -0.05) is 18.2 Å². The van der Waals surface area contributed by atoms with Gasteiger partial charge in [0.15, 0.2) is 5.60 Å². The van der Waals surface area contributed by atoms with Gasteiger partial charge in [-0.05, 0) is 31.2 Å². The van der Waals surface area contributed by atoms with E-state index in [0.29, 0.717) is 18.7 Å². The molecule has 4 nitrogen and oxygen atoms in total. The number of nitrogens with one attached hydrogen (secondary N) is 1. The Kier molecular flexibility index (Phi) is 4.94. The monoisotopic (exact) mass is 294 g/mol. The third kappa shape index (κ3) is 3.46. The first-order chi connectivity index (χ1) is 9.53. The van der Waals surface area contributed by atoms with Crippen molar-refractivity contribution in [3.63, 3.8) is 0 Å². The van der Waals surface area contributed by atoms with Crippen LogP contribution in [0.1, 0.15) is 13.3 Å². The lowest BCUT2D eigenvalue weighted by Gasteiger charge is -2.28. The molecule has 0 aromatic heterocycles. The lowest BCUT2D eigenvalue weighted by molar-refractivity contribution is -0.137. The fourth-order valence-corrected chi connectivity index (χ4v) is 3.43. The summed E-state index contributed by atoms with van der Waals surface area (Å²) in [6.07, 6.45) is 0.548. The molecule has 2 atom stereocenters. The second-order valence-electron chi connectivity index (χ2n) is 5.34. The lowest BCUT2D eigenvalue weighted by atomic mass is 10.0. The van der Waals surface area contributed by atoms with Gasteiger partial charge in [0.25, 0.3) is 5.91 Å². The fraction of sp³-hybridized carbons (Fsp3) is 0.533. The minimum Gasteiger partial charge on any atom is -0.379 e. The van der Waals surface area contributed by atoms with E-state index in [9.17, 15) is 9.90 Å². The number of nitrogens with zero attached hydrogens (tertiary/aromatic N) is 1. The Morgan fingerprint density at radius 3 is 2.80 bits per heavy atom. The predicted molar refractivity (Wildman–Crippen MR) is 84.2 cm³/mol. The standard InChI is InChI=1S/C15H22N2O2S/c1-12(17(2)13-6-4-3-5-7-13)10-16-14(18)15(19)8-9-20-11-15/h3-7,12,19H,8-11H2,1-2H3,(H,16,18). The van der Waals surface area contributed by atoms with Crippen LogP contribution in [0.2, 0.25) is 0 Å². The van der Waals surface area contributed by atoms with E-state index in [-0.39, 0.29) is 11.9 Å². The Bertz CT molecular complexity index is 446. The highest BCUT2D eigenvalue weighted by molar-refractivity contribution is 7.99. The van der Waals surface area contributed by atoms with Crippen LogP contribution in [0.4, 0.5) is 5.69 Å². The first kappa shape index (κ1) is 15.2. The van der Waals surface area contributed by atoms with Crippen LogP contribution in [-0.2, 0) is 4.79 Å². The van der Waals surface area contributed by atoms with Gasteiger partial charge in [-0.15, -0.1) is 0 Å². The van der Waals surface area contributed by atoms with Gasteiger partial charge in [-0.25, -0.2) is 0 Å². The zero-order chi connectivity index (χ0) is 14.6. The molecule has 2 unspecified atom stereocenters. The van der Waals surface area contributed by atoms with Crippen molar-refractivity contribution in [1.82, 2.24) is 5.32 Å². The van der Waals surface area contributed by atoms with Gasteiger partial charge < -0.3 is 15.3 Å². The van der Waals surface area contributed by atoms with Crippen molar-refractivity contribution in [2.45, 2.75) is 25.0 Å². The summed E-state index contributed by atoms with van der Waals surface area (Å²) >= 11 is 1.63. The minimum absolute atomic E-state index is 0.166. The largest absolute Gasteiger partial charge is 0.379 e. The summed E-state index contributed by atoms with van der Waals surface area (Å²) in [5, 5.41) is 13.1. The topological polar surface area (TPSA) is 52.6 Å². The zero-order valence-electron chi connectivity index (χ0n) is 12.0. The van der Waals surface area contributed by atoms with Crippen molar-refractivity contribution in [2.24, 2.45) is 0 Å². The number of amides is 1. The lowest BCUT2D eigenvalue weighted by Crippen LogP contribution is -2.50. The maximum absolute atomic E-state index is 12.0. The van der Waals surface area contributed by atoms with Crippen LogP contribution < -0.4 is 10.2 Å². The summed E-state index contributed by atoms with van der Waals surface area (Å²) in [6, 6.07) is 10.2. The number of hydrogen-bond acceptors (Lipinski definition) is 4. The summed E-state index contributed by atoms with van der Waals surface area (Å²) in [7, 11) is 2.01. The quantitative estimate of drug-likeness (QED) is 0.864. The average molecular weight is 294 g/mol. The highest BCUT2D eigenvalue weighted by Gasteiger charge is 2.39. The van der Waals surface area contributed by atoms with Gasteiger partial charge in [0.05, 0.1) is 0 Å². The Hall–Kier alpha value is -1.20. The van der Waals surface area contributed by atoms with Gasteiger partial charge in [-0.3, -0.25) is 4.79 Å². The Morgan fingerprint density at radius 1 is 1.50 bits per heavy atom. The number of thioether (sulfide) groups is 1. The molecule has 1 saturated heterocycles.